The monoisotopic (exact) mass is 309 g/mol. The Morgan fingerprint density at radius 3 is 2.39 bits per heavy atom. The van der Waals surface area contributed by atoms with Gasteiger partial charge in [-0.25, -0.2) is 0 Å². The van der Waals surface area contributed by atoms with E-state index >= 15 is 0 Å². The van der Waals surface area contributed by atoms with Crippen molar-refractivity contribution in [3.8, 4) is 0 Å². The minimum absolute atomic E-state index is 0.658. The standard InChI is InChI=1S/C16H24BrN/c1-4-13-5-7-14(8-6-13)18-16-12(3)9-11(2)10-15(16)17/h9-10,13-14,18H,4-8H2,1-3H3. The van der Waals surface area contributed by atoms with E-state index in [1.165, 1.54) is 53.4 Å². The summed E-state index contributed by atoms with van der Waals surface area (Å²) < 4.78 is 1.21. The molecule has 18 heavy (non-hydrogen) atoms. The average Bonchev–Trinajstić information content (AvgIpc) is 2.34. The summed E-state index contributed by atoms with van der Waals surface area (Å²) in [5.41, 5.74) is 3.96. The Morgan fingerprint density at radius 1 is 1.17 bits per heavy atom. The van der Waals surface area contributed by atoms with E-state index in [2.05, 4.69) is 54.2 Å². The minimum Gasteiger partial charge on any atom is -0.381 e. The van der Waals surface area contributed by atoms with Crippen molar-refractivity contribution in [3.63, 3.8) is 0 Å². The van der Waals surface area contributed by atoms with Crippen molar-refractivity contribution in [2.24, 2.45) is 5.92 Å². The molecule has 1 nitrogen and oxygen atoms in total. The maximum absolute atomic E-state index is 3.74. The van der Waals surface area contributed by atoms with Crippen LogP contribution >= 0.6 is 15.9 Å². The molecule has 0 amide bonds. The van der Waals surface area contributed by atoms with Crippen molar-refractivity contribution >= 4 is 21.6 Å². The normalized spacial score (nSPS) is 24.0. The Bertz CT molecular complexity index is 383. The first-order valence-electron chi connectivity index (χ1n) is 7.13. The van der Waals surface area contributed by atoms with Gasteiger partial charge < -0.3 is 5.32 Å². The van der Waals surface area contributed by atoms with Crippen molar-refractivity contribution in [2.75, 3.05) is 5.32 Å². The number of nitrogens with one attached hydrogen (secondary N) is 1. The van der Waals surface area contributed by atoms with Gasteiger partial charge in [0.2, 0.25) is 0 Å². The molecule has 2 heteroatoms. The third-order valence-corrected chi connectivity index (χ3v) is 4.83. The SMILES string of the molecule is CCC1CCC(Nc2c(C)cc(C)cc2Br)CC1. The molecule has 1 aromatic carbocycles. The highest BCUT2D eigenvalue weighted by Gasteiger charge is 2.20. The molecule has 0 saturated heterocycles. The molecule has 0 heterocycles. The van der Waals surface area contributed by atoms with E-state index < -0.39 is 0 Å². The van der Waals surface area contributed by atoms with Crippen LogP contribution in [0.4, 0.5) is 5.69 Å². The molecule has 0 radical (unpaired) electrons. The average molecular weight is 310 g/mol. The topological polar surface area (TPSA) is 12.0 Å². The Hall–Kier alpha value is -0.500. The van der Waals surface area contributed by atoms with Crippen LogP contribution in [-0.4, -0.2) is 6.04 Å². The molecular formula is C16H24BrN. The Kier molecular flexibility index (Phi) is 4.71. The van der Waals surface area contributed by atoms with Crippen molar-refractivity contribution in [2.45, 2.75) is 58.9 Å². The first-order valence-corrected chi connectivity index (χ1v) is 7.92. The number of rotatable bonds is 3. The Morgan fingerprint density at radius 2 is 1.83 bits per heavy atom. The van der Waals surface area contributed by atoms with Gasteiger partial charge in [0.15, 0.2) is 0 Å². The lowest BCUT2D eigenvalue weighted by molar-refractivity contribution is 0.330. The zero-order chi connectivity index (χ0) is 13.1. The molecule has 1 aromatic rings. The maximum atomic E-state index is 3.74. The third-order valence-electron chi connectivity index (χ3n) is 4.20. The van der Waals surface area contributed by atoms with Crippen molar-refractivity contribution in [1.29, 1.82) is 0 Å². The van der Waals surface area contributed by atoms with Crippen LogP contribution in [0.2, 0.25) is 0 Å². The number of aryl methyl sites for hydroxylation is 2. The summed E-state index contributed by atoms with van der Waals surface area (Å²) in [6.07, 6.45) is 6.75. The Balaban J connectivity index is 2.02. The van der Waals surface area contributed by atoms with Crippen molar-refractivity contribution in [1.82, 2.24) is 0 Å². The van der Waals surface area contributed by atoms with Gasteiger partial charge in [0, 0.05) is 10.5 Å². The van der Waals surface area contributed by atoms with Gasteiger partial charge in [0.05, 0.1) is 5.69 Å². The van der Waals surface area contributed by atoms with Gasteiger partial charge in [0.1, 0.15) is 0 Å². The highest BCUT2D eigenvalue weighted by atomic mass is 79.9. The van der Waals surface area contributed by atoms with Crippen LogP contribution in [0.3, 0.4) is 0 Å². The van der Waals surface area contributed by atoms with Crippen molar-refractivity contribution in [3.05, 3.63) is 27.7 Å². The number of hydrogen-bond acceptors (Lipinski definition) is 1. The molecule has 1 aliphatic rings. The lowest BCUT2D eigenvalue weighted by atomic mass is 9.84. The zero-order valence-electron chi connectivity index (χ0n) is 11.7. The van der Waals surface area contributed by atoms with Gasteiger partial charge in [-0.1, -0.05) is 19.4 Å². The molecule has 0 aliphatic heterocycles. The number of hydrogen-bond donors (Lipinski definition) is 1. The van der Waals surface area contributed by atoms with E-state index in [0.717, 1.165) is 5.92 Å². The fourth-order valence-electron chi connectivity index (χ4n) is 3.02. The quantitative estimate of drug-likeness (QED) is 0.783. The second-order valence-electron chi connectivity index (χ2n) is 5.71. The summed E-state index contributed by atoms with van der Waals surface area (Å²) in [7, 11) is 0. The van der Waals surface area contributed by atoms with Gasteiger partial charge in [-0.3, -0.25) is 0 Å². The molecule has 0 atom stereocenters. The van der Waals surface area contributed by atoms with Crippen LogP contribution < -0.4 is 5.32 Å². The lowest BCUT2D eigenvalue weighted by Crippen LogP contribution is -2.26. The van der Waals surface area contributed by atoms with E-state index in [4.69, 9.17) is 0 Å². The smallest absolute Gasteiger partial charge is 0.0516 e. The second kappa shape index (κ2) is 6.10. The number of halogens is 1. The molecule has 1 aliphatic carbocycles. The Labute approximate surface area is 119 Å². The van der Waals surface area contributed by atoms with Crippen LogP contribution in [-0.2, 0) is 0 Å². The first-order chi connectivity index (χ1) is 8.60. The van der Waals surface area contributed by atoms with Crippen LogP contribution in [0.25, 0.3) is 0 Å². The fraction of sp³-hybridized carbons (Fsp3) is 0.625. The van der Waals surface area contributed by atoms with E-state index in [-0.39, 0.29) is 0 Å². The summed E-state index contributed by atoms with van der Waals surface area (Å²) in [6.45, 7) is 6.66. The summed E-state index contributed by atoms with van der Waals surface area (Å²) >= 11 is 3.69. The molecule has 0 unspecified atom stereocenters. The summed E-state index contributed by atoms with van der Waals surface area (Å²) in [5.74, 6) is 0.964. The predicted octanol–water partition coefficient (Wildman–Crippen LogP) is 5.45. The van der Waals surface area contributed by atoms with Crippen LogP contribution in [0.1, 0.15) is 50.2 Å². The molecule has 1 N–H and O–H groups in total. The van der Waals surface area contributed by atoms with Crippen molar-refractivity contribution < 1.29 is 0 Å². The molecule has 0 bridgehead atoms. The first kappa shape index (κ1) is 13.9. The molecule has 100 valence electrons. The number of anilines is 1. The minimum atomic E-state index is 0.658. The predicted molar refractivity (Wildman–Crippen MR) is 83.3 cm³/mol. The highest BCUT2D eigenvalue weighted by Crippen LogP contribution is 2.33. The highest BCUT2D eigenvalue weighted by molar-refractivity contribution is 9.10. The third kappa shape index (κ3) is 3.28. The molecule has 0 spiro atoms. The van der Waals surface area contributed by atoms with Gasteiger partial charge >= 0.3 is 0 Å². The lowest BCUT2D eigenvalue weighted by Gasteiger charge is -2.30. The number of benzene rings is 1. The van der Waals surface area contributed by atoms with E-state index in [1.54, 1.807) is 0 Å². The molecule has 2 rings (SSSR count). The maximum Gasteiger partial charge on any atom is 0.0516 e. The molecule has 0 aromatic heterocycles. The molecule has 1 saturated carbocycles. The van der Waals surface area contributed by atoms with E-state index in [1.807, 2.05) is 0 Å². The van der Waals surface area contributed by atoms with Gasteiger partial charge in [-0.15, -0.1) is 0 Å². The van der Waals surface area contributed by atoms with E-state index in [9.17, 15) is 0 Å². The summed E-state index contributed by atoms with van der Waals surface area (Å²) in [4.78, 5) is 0. The van der Waals surface area contributed by atoms with Gasteiger partial charge in [-0.05, 0) is 78.6 Å². The fourth-order valence-corrected chi connectivity index (χ4v) is 3.81. The second-order valence-corrected chi connectivity index (χ2v) is 6.56. The molecular weight excluding hydrogens is 286 g/mol. The van der Waals surface area contributed by atoms with Crippen LogP contribution in [0.15, 0.2) is 16.6 Å². The molecule has 1 fully saturated rings. The largest absolute Gasteiger partial charge is 0.381 e. The van der Waals surface area contributed by atoms with Crippen LogP contribution in [0, 0.1) is 19.8 Å². The van der Waals surface area contributed by atoms with Gasteiger partial charge in [0.25, 0.3) is 0 Å². The zero-order valence-corrected chi connectivity index (χ0v) is 13.3. The summed E-state index contributed by atoms with van der Waals surface area (Å²) in [5, 5.41) is 3.74. The van der Waals surface area contributed by atoms with Gasteiger partial charge in [-0.2, -0.15) is 0 Å². The van der Waals surface area contributed by atoms with Crippen LogP contribution in [0.5, 0.6) is 0 Å². The van der Waals surface area contributed by atoms with E-state index in [0.29, 0.717) is 6.04 Å². The summed E-state index contributed by atoms with van der Waals surface area (Å²) in [6, 6.07) is 5.11.